The van der Waals surface area contributed by atoms with E-state index in [0.29, 0.717) is 5.56 Å². The highest BCUT2D eigenvalue weighted by molar-refractivity contribution is 9.10. The number of hydrogen-bond donors (Lipinski definition) is 1. The molecule has 0 atom stereocenters. The molecule has 0 saturated carbocycles. The first kappa shape index (κ1) is 15.9. The zero-order valence-electron chi connectivity index (χ0n) is 11.4. The highest BCUT2D eigenvalue weighted by Gasteiger charge is 2.12. The summed E-state index contributed by atoms with van der Waals surface area (Å²) in [6.07, 6.45) is 0. The van der Waals surface area contributed by atoms with Crippen molar-refractivity contribution in [1.82, 2.24) is 10.2 Å². The largest absolute Gasteiger partial charge is 0.353 e. The second-order valence-corrected chi connectivity index (χ2v) is 5.74. The predicted octanol–water partition coefficient (Wildman–Crippen LogP) is 2.09. The number of carbonyl (C=O) groups excluding carboxylic acids is 2. The molecule has 1 rings (SSSR count). The molecule has 4 nitrogen and oxygen atoms in total. The van der Waals surface area contributed by atoms with Crippen LogP contribution in [0.5, 0.6) is 0 Å². The lowest BCUT2D eigenvalue weighted by molar-refractivity contribution is -0.122. The number of ketones is 1. The van der Waals surface area contributed by atoms with Gasteiger partial charge in [0.25, 0.3) is 0 Å². The van der Waals surface area contributed by atoms with Gasteiger partial charge in [0.2, 0.25) is 5.91 Å². The molecule has 0 saturated heterocycles. The van der Waals surface area contributed by atoms with Crippen molar-refractivity contribution in [3.05, 3.63) is 34.3 Å². The molecule has 5 heteroatoms. The number of halogens is 1. The predicted molar refractivity (Wildman–Crippen MR) is 79.2 cm³/mol. The lowest BCUT2D eigenvalue weighted by Crippen LogP contribution is -2.40. The fraction of sp³-hybridized carbons (Fsp3) is 0.429. The smallest absolute Gasteiger partial charge is 0.234 e. The van der Waals surface area contributed by atoms with Crippen LogP contribution in [-0.2, 0) is 4.79 Å². The molecule has 0 aliphatic heterocycles. The third kappa shape index (κ3) is 5.98. The van der Waals surface area contributed by atoms with E-state index >= 15 is 0 Å². The molecule has 0 bridgehead atoms. The van der Waals surface area contributed by atoms with Crippen LogP contribution in [0.3, 0.4) is 0 Å². The second kappa shape index (κ2) is 7.40. The lowest BCUT2D eigenvalue weighted by atomic mass is 10.1. The monoisotopic (exact) mass is 326 g/mol. The van der Waals surface area contributed by atoms with Gasteiger partial charge in [0.1, 0.15) is 0 Å². The fourth-order valence-electron chi connectivity index (χ4n) is 1.67. The molecule has 1 N–H and O–H groups in total. The summed E-state index contributed by atoms with van der Waals surface area (Å²) in [7, 11) is 1.76. The van der Waals surface area contributed by atoms with Crippen molar-refractivity contribution in [2.45, 2.75) is 19.9 Å². The molecule has 1 aromatic carbocycles. The Kier molecular flexibility index (Phi) is 6.18. The number of hydrogen-bond acceptors (Lipinski definition) is 3. The van der Waals surface area contributed by atoms with E-state index in [0.717, 1.165) is 4.47 Å². The van der Waals surface area contributed by atoms with Crippen LogP contribution in [0.1, 0.15) is 24.2 Å². The highest BCUT2D eigenvalue weighted by Crippen LogP contribution is 2.12. The van der Waals surface area contributed by atoms with Crippen LogP contribution >= 0.6 is 15.9 Å². The number of carbonyl (C=O) groups is 2. The molecular weight excluding hydrogens is 308 g/mol. The quantitative estimate of drug-likeness (QED) is 0.814. The van der Waals surface area contributed by atoms with Gasteiger partial charge in [0.15, 0.2) is 5.78 Å². The molecule has 104 valence electrons. The maximum absolute atomic E-state index is 12.0. The molecule has 0 spiro atoms. The Labute approximate surface area is 122 Å². The van der Waals surface area contributed by atoms with Crippen molar-refractivity contribution >= 4 is 27.6 Å². The van der Waals surface area contributed by atoms with Crippen LogP contribution in [0.25, 0.3) is 0 Å². The highest BCUT2D eigenvalue weighted by atomic mass is 79.9. The topological polar surface area (TPSA) is 49.4 Å². The van der Waals surface area contributed by atoms with Crippen LogP contribution in [0, 0.1) is 0 Å². The van der Waals surface area contributed by atoms with Crippen molar-refractivity contribution in [2.24, 2.45) is 0 Å². The number of rotatable bonds is 6. The Bertz CT molecular complexity index is 461. The third-order valence-electron chi connectivity index (χ3n) is 2.42. The third-order valence-corrected chi connectivity index (χ3v) is 2.92. The second-order valence-electron chi connectivity index (χ2n) is 4.83. The summed E-state index contributed by atoms with van der Waals surface area (Å²) in [6.45, 7) is 4.26. The summed E-state index contributed by atoms with van der Waals surface area (Å²) in [4.78, 5) is 25.3. The van der Waals surface area contributed by atoms with Crippen LogP contribution in [0.2, 0.25) is 0 Å². The van der Waals surface area contributed by atoms with Gasteiger partial charge < -0.3 is 5.32 Å². The summed E-state index contributed by atoms with van der Waals surface area (Å²) in [5, 5.41) is 2.80. The van der Waals surface area contributed by atoms with Gasteiger partial charge in [-0.1, -0.05) is 28.1 Å². The van der Waals surface area contributed by atoms with Gasteiger partial charge in [-0.05, 0) is 33.0 Å². The summed E-state index contributed by atoms with van der Waals surface area (Å²) in [6, 6.07) is 7.36. The maximum atomic E-state index is 12.0. The zero-order chi connectivity index (χ0) is 14.4. The molecule has 1 aromatic rings. The maximum Gasteiger partial charge on any atom is 0.234 e. The molecule has 0 fully saturated rings. The van der Waals surface area contributed by atoms with Crippen molar-refractivity contribution in [2.75, 3.05) is 20.1 Å². The Balaban J connectivity index is 2.50. The lowest BCUT2D eigenvalue weighted by Gasteiger charge is -2.16. The van der Waals surface area contributed by atoms with Crippen LogP contribution in [0.15, 0.2) is 28.7 Å². The van der Waals surface area contributed by atoms with Crippen molar-refractivity contribution < 1.29 is 9.59 Å². The van der Waals surface area contributed by atoms with E-state index in [1.54, 1.807) is 24.1 Å². The van der Waals surface area contributed by atoms with E-state index in [1.165, 1.54) is 0 Å². The summed E-state index contributed by atoms with van der Waals surface area (Å²) in [5.41, 5.74) is 0.644. The van der Waals surface area contributed by atoms with Crippen LogP contribution in [-0.4, -0.2) is 42.8 Å². The van der Waals surface area contributed by atoms with Gasteiger partial charge in [-0.3, -0.25) is 14.5 Å². The number of amides is 1. The SMILES string of the molecule is CC(C)NC(=O)CN(C)CC(=O)c1cccc(Br)c1. The Hall–Kier alpha value is -1.20. The summed E-state index contributed by atoms with van der Waals surface area (Å²) < 4.78 is 0.874. The van der Waals surface area contributed by atoms with E-state index in [2.05, 4.69) is 21.2 Å². The average molecular weight is 327 g/mol. The van der Waals surface area contributed by atoms with Crippen molar-refractivity contribution in [1.29, 1.82) is 0 Å². The van der Waals surface area contributed by atoms with Crippen LogP contribution < -0.4 is 5.32 Å². The minimum Gasteiger partial charge on any atom is -0.353 e. The first-order chi connectivity index (χ1) is 8.88. The van der Waals surface area contributed by atoms with Gasteiger partial charge in [-0.15, -0.1) is 0 Å². The van der Waals surface area contributed by atoms with Gasteiger partial charge in [0, 0.05) is 16.1 Å². The first-order valence-corrected chi connectivity index (χ1v) is 6.94. The molecule has 0 aliphatic carbocycles. The zero-order valence-corrected chi connectivity index (χ0v) is 13.0. The summed E-state index contributed by atoms with van der Waals surface area (Å²) >= 11 is 3.33. The van der Waals surface area contributed by atoms with Gasteiger partial charge in [-0.25, -0.2) is 0 Å². The Morgan fingerprint density at radius 1 is 1.32 bits per heavy atom. The molecule has 0 heterocycles. The summed E-state index contributed by atoms with van der Waals surface area (Å²) in [5.74, 6) is -0.0688. The minimum absolute atomic E-state index is 0.00106. The average Bonchev–Trinajstić information content (AvgIpc) is 2.27. The number of nitrogens with zero attached hydrogens (tertiary/aromatic N) is 1. The van der Waals surface area contributed by atoms with E-state index in [9.17, 15) is 9.59 Å². The van der Waals surface area contributed by atoms with E-state index < -0.39 is 0 Å². The fourth-order valence-corrected chi connectivity index (χ4v) is 2.07. The van der Waals surface area contributed by atoms with Gasteiger partial charge in [-0.2, -0.15) is 0 Å². The normalized spacial score (nSPS) is 10.8. The van der Waals surface area contributed by atoms with Crippen molar-refractivity contribution in [3.8, 4) is 0 Å². The Morgan fingerprint density at radius 3 is 2.58 bits per heavy atom. The number of likely N-dealkylation sites (N-methyl/N-ethyl adjacent to an activating group) is 1. The van der Waals surface area contributed by atoms with E-state index in [-0.39, 0.29) is 30.8 Å². The van der Waals surface area contributed by atoms with Crippen molar-refractivity contribution in [3.63, 3.8) is 0 Å². The number of Topliss-reactive ketones (excluding diaryl/α,β-unsaturated/α-hetero) is 1. The molecule has 0 unspecified atom stereocenters. The number of benzene rings is 1. The Morgan fingerprint density at radius 2 is 2.00 bits per heavy atom. The van der Waals surface area contributed by atoms with E-state index in [1.807, 2.05) is 26.0 Å². The van der Waals surface area contributed by atoms with Gasteiger partial charge in [0.05, 0.1) is 13.1 Å². The standard InChI is InChI=1S/C14H19BrN2O2/c1-10(2)16-14(19)9-17(3)8-13(18)11-5-4-6-12(15)7-11/h4-7,10H,8-9H2,1-3H3,(H,16,19). The first-order valence-electron chi connectivity index (χ1n) is 6.15. The molecule has 0 radical (unpaired) electrons. The van der Waals surface area contributed by atoms with Gasteiger partial charge >= 0.3 is 0 Å². The van der Waals surface area contributed by atoms with Crippen LogP contribution in [0.4, 0.5) is 0 Å². The molecule has 19 heavy (non-hydrogen) atoms. The molecule has 0 aliphatic rings. The minimum atomic E-state index is -0.0699. The number of nitrogens with one attached hydrogen (secondary N) is 1. The molecular formula is C14H19BrN2O2. The molecule has 1 amide bonds. The molecule has 0 aromatic heterocycles. The van der Waals surface area contributed by atoms with E-state index in [4.69, 9.17) is 0 Å².